The van der Waals surface area contributed by atoms with Gasteiger partial charge >= 0.3 is 5.63 Å². The topological polar surface area (TPSA) is 59.8 Å². The first kappa shape index (κ1) is 17.1. The van der Waals surface area contributed by atoms with E-state index in [9.17, 15) is 9.59 Å². The number of amides is 1. The summed E-state index contributed by atoms with van der Waals surface area (Å²) in [5.74, 6) is 0.439. The van der Waals surface area contributed by atoms with Gasteiger partial charge in [-0.05, 0) is 46.8 Å². The number of benzene rings is 1. The molecule has 5 nitrogen and oxygen atoms in total. The first-order valence-corrected chi connectivity index (χ1v) is 7.88. The van der Waals surface area contributed by atoms with E-state index in [1.54, 1.807) is 23.1 Å². The molecule has 0 radical (unpaired) electrons. The van der Waals surface area contributed by atoms with Crippen molar-refractivity contribution >= 4 is 16.9 Å². The van der Waals surface area contributed by atoms with Gasteiger partial charge in [0.15, 0.2) is 0 Å². The lowest BCUT2D eigenvalue weighted by molar-refractivity contribution is 0.0645. The Balaban J connectivity index is 2.60. The summed E-state index contributed by atoms with van der Waals surface area (Å²) in [6, 6.07) is 6.52. The SMILES string of the molecule is CCOc1ccc2c(C(=O)N(C(C)C)C(C)C)cc(=O)oc2c1. The second kappa shape index (κ2) is 6.86. The largest absolute Gasteiger partial charge is 0.494 e. The van der Waals surface area contributed by atoms with Crippen molar-refractivity contribution in [2.45, 2.75) is 46.7 Å². The van der Waals surface area contributed by atoms with Crippen molar-refractivity contribution in [3.05, 3.63) is 40.2 Å². The van der Waals surface area contributed by atoms with Crippen LogP contribution in [0.15, 0.2) is 33.5 Å². The molecule has 0 atom stereocenters. The summed E-state index contributed by atoms with van der Waals surface area (Å²) in [6.07, 6.45) is 0. The van der Waals surface area contributed by atoms with Crippen LogP contribution in [0, 0.1) is 0 Å². The summed E-state index contributed by atoms with van der Waals surface area (Å²) in [4.78, 5) is 26.5. The Morgan fingerprint density at radius 2 is 1.83 bits per heavy atom. The van der Waals surface area contributed by atoms with E-state index in [0.717, 1.165) is 0 Å². The molecule has 1 aromatic heterocycles. The van der Waals surface area contributed by atoms with E-state index in [1.165, 1.54) is 6.07 Å². The molecule has 0 unspecified atom stereocenters. The van der Waals surface area contributed by atoms with Crippen molar-refractivity contribution in [2.24, 2.45) is 0 Å². The number of carbonyl (C=O) groups excluding carboxylic acids is 1. The fourth-order valence-electron chi connectivity index (χ4n) is 2.78. The van der Waals surface area contributed by atoms with Crippen molar-refractivity contribution in [2.75, 3.05) is 6.61 Å². The molecule has 0 fully saturated rings. The van der Waals surface area contributed by atoms with Gasteiger partial charge in [0.05, 0.1) is 12.2 Å². The van der Waals surface area contributed by atoms with Crippen LogP contribution in [0.25, 0.3) is 11.0 Å². The number of hydrogen-bond donors (Lipinski definition) is 0. The van der Waals surface area contributed by atoms with E-state index >= 15 is 0 Å². The zero-order chi connectivity index (χ0) is 17.1. The standard InChI is InChI=1S/C18H23NO4/c1-6-22-13-7-8-14-15(10-17(20)23-16(14)9-13)18(21)19(11(2)3)12(4)5/h7-12H,6H2,1-5H3. The molecule has 124 valence electrons. The number of hydrogen-bond acceptors (Lipinski definition) is 4. The first-order valence-electron chi connectivity index (χ1n) is 7.88. The smallest absolute Gasteiger partial charge is 0.337 e. The van der Waals surface area contributed by atoms with E-state index in [2.05, 4.69) is 0 Å². The van der Waals surface area contributed by atoms with E-state index < -0.39 is 5.63 Å². The molecule has 23 heavy (non-hydrogen) atoms. The molecule has 0 aliphatic rings. The molecule has 0 bridgehead atoms. The molecular weight excluding hydrogens is 294 g/mol. The van der Waals surface area contributed by atoms with Crippen molar-refractivity contribution in [3.63, 3.8) is 0 Å². The molecule has 0 aliphatic heterocycles. The Hall–Kier alpha value is -2.30. The van der Waals surface area contributed by atoms with Crippen LogP contribution in [0.2, 0.25) is 0 Å². The van der Waals surface area contributed by atoms with Crippen LogP contribution < -0.4 is 10.4 Å². The maximum atomic E-state index is 12.9. The first-order chi connectivity index (χ1) is 10.8. The van der Waals surface area contributed by atoms with Gasteiger partial charge in [-0.1, -0.05) is 0 Å². The molecule has 5 heteroatoms. The molecule has 0 N–H and O–H groups in total. The fraction of sp³-hybridized carbons (Fsp3) is 0.444. The minimum absolute atomic E-state index is 0.0347. The van der Waals surface area contributed by atoms with Gasteiger partial charge in [-0.3, -0.25) is 4.79 Å². The third-order valence-electron chi connectivity index (χ3n) is 3.60. The predicted molar refractivity (Wildman–Crippen MR) is 90.1 cm³/mol. The minimum atomic E-state index is -0.540. The Morgan fingerprint density at radius 3 is 2.39 bits per heavy atom. The Morgan fingerprint density at radius 1 is 1.17 bits per heavy atom. The lowest BCUT2D eigenvalue weighted by Gasteiger charge is -2.31. The van der Waals surface area contributed by atoms with E-state index in [1.807, 2.05) is 34.6 Å². The maximum absolute atomic E-state index is 12.9. The maximum Gasteiger partial charge on any atom is 0.337 e. The summed E-state index contributed by atoms with van der Waals surface area (Å²) in [6.45, 7) is 10.2. The molecule has 0 aliphatic carbocycles. The lowest BCUT2D eigenvalue weighted by atomic mass is 10.1. The number of rotatable bonds is 5. The van der Waals surface area contributed by atoms with Crippen LogP contribution in [0.3, 0.4) is 0 Å². The van der Waals surface area contributed by atoms with Gasteiger partial charge in [0.1, 0.15) is 11.3 Å². The Bertz CT molecular complexity index is 753. The highest BCUT2D eigenvalue weighted by molar-refractivity contribution is 6.05. The summed E-state index contributed by atoms with van der Waals surface area (Å²) >= 11 is 0. The van der Waals surface area contributed by atoms with Crippen molar-refractivity contribution in [1.29, 1.82) is 0 Å². The lowest BCUT2D eigenvalue weighted by Crippen LogP contribution is -2.42. The second-order valence-electron chi connectivity index (χ2n) is 5.97. The van der Waals surface area contributed by atoms with E-state index in [-0.39, 0.29) is 18.0 Å². The Kier molecular flexibility index (Phi) is 5.08. The minimum Gasteiger partial charge on any atom is -0.494 e. The summed E-state index contributed by atoms with van der Waals surface area (Å²) in [5.41, 5.74) is 0.183. The number of fused-ring (bicyclic) bond motifs is 1. The molecule has 2 rings (SSSR count). The Labute approximate surface area is 135 Å². The third kappa shape index (κ3) is 3.55. The zero-order valence-electron chi connectivity index (χ0n) is 14.3. The van der Waals surface area contributed by atoms with Gasteiger partial charge in [-0.15, -0.1) is 0 Å². The van der Waals surface area contributed by atoms with Crippen LogP contribution in [0.5, 0.6) is 5.75 Å². The van der Waals surface area contributed by atoms with Crippen LogP contribution in [-0.2, 0) is 0 Å². The average molecular weight is 317 g/mol. The summed E-state index contributed by atoms with van der Waals surface area (Å²) < 4.78 is 10.7. The van der Waals surface area contributed by atoms with E-state index in [0.29, 0.717) is 28.9 Å². The summed E-state index contributed by atoms with van der Waals surface area (Å²) in [5, 5.41) is 0.615. The monoisotopic (exact) mass is 317 g/mol. The van der Waals surface area contributed by atoms with Gasteiger partial charge in [0.2, 0.25) is 0 Å². The van der Waals surface area contributed by atoms with Gasteiger partial charge in [-0.25, -0.2) is 4.79 Å². The number of ether oxygens (including phenoxy) is 1. The van der Waals surface area contributed by atoms with Crippen molar-refractivity contribution < 1.29 is 13.9 Å². The fourth-order valence-corrected chi connectivity index (χ4v) is 2.78. The van der Waals surface area contributed by atoms with Crippen LogP contribution in [-0.4, -0.2) is 29.5 Å². The van der Waals surface area contributed by atoms with Crippen LogP contribution in [0.4, 0.5) is 0 Å². The van der Waals surface area contributed by atoms with Gasteiger partial charge in [-0.2, -0.15) is 0 Å². The molecule has 0 spiro atoms. The number of carbonyl (C=O) groups is 1. The molecule has 2 aromatic rings. The molecule has 1 heterocycles. The van der Waals surface area contributed by atoms with Crippen molar-refractivity contribution in [1.82, 2.24) is 4.90 Å². The third-order valence-corrected chi connectivity index (χ3v) is 3.60. The van der Waals surface area contributed by atoms with Crippen molar-refractivity contribution in [3.8, 4) is 5.75 Å². The highest BCUT2D eigenvalue weighted by atomic mass is 16.5. The second-order valence-corrected chi connectivity index (χ2v) is 5.97. The van der Waals surface area contributed by atoms with Crippen LogP contribution in [0.1, 0.15) is 45.0 Å². The molecular formula is C18H23NO4. The average Bonchev–Trinajstić information content (AvgIpc) is 2.45. The molecule has 1 amide bonds. The number of nitrogens with zero attached hydrogens (tertiary/aromatic N) is 1. The van der Waals surface area contributed by atoms with Gasteiger partial charge in [0, 0.05) is 29.6 Å². The quantitative estimate of drug-likeness (QED) is 0.793. The zero-order valence-corrected chi connectivity index (χ0v) is 14.3. The highest BCUT2D eigenvalue weighted by Gasteiger charge is 2.24. The normalized spacial score (nSPS) is 11.3. The van der Waals surface area contributed by atoms with Gasteiger partial charge < -0.3 is 14.1 Å². The highest BCUT2D eigenvalue weighted by Crippen LogP contribution is 2.24. The molecule has 0 saturated heterocycles. The predicted octanol–water partition coefficient (Wildman–Crippen LogP) is 3.45. The van der Waals surface area contributed by atoms with Crippen LogP contribution >= 0.6 is 0 Å². The molecule has 0 saturated carbocycles. The molecule has 1 aromatic carbocycles. The summed E-state index contributed by atoms with van der Waals surface area (Å²) in [7, 11) is 0. The van der Waals surface area contributed by atoms with E-state index in [4.69, 9.17) is 9.15 Å². The van der Waals surface area contributed by atoms with Gasteiger partial charge in [0.25, 0.3) is 5.91 Å².